The molecular formula is C11H7BrClN3O3. The van der Waals surface area contributed by atoms with Gasteiger partial charge in [0.1, 0.15) is 10.8 Å². The second kappa shape index (κ2) is 5.94. The summed E-state index contributed by atoms with van der Waals surface area (Å²) in [5.74, 6) is 0.335. The number of aromatic nitrogens is 2. The number of nitro groups is 1. The third kappa shape index (κ3) is 3.39. The molecule has 0 N–H and O–H groups in total. The number of hydrogen-bond donors (Lipinski definition) is 0. The summed E-state index contributed by atoms with van der Waals surface area (Å²) in [6.07, 6.45) is 3.23. The summed E-state index contributed by atoms with van der Waals surface area (Å²) in [5.41, 5.74) is 0.735. The van der Waals surface area contributed by atoms with E-state index < -0.39 is 4.92 Å². The molecule has 0 saturated heterocycles. The van der Waals surface area contributed by atoms with Gasteiger partial charge in [0.15, 0.2) is 0 Å². The molecule has 8 heteroatoms. The summed E-state index contributed by atoms with van der Waals surface area (Å²) in [7, 11) is 0. The van der Waals surface area contributed by atoms with Crippen LogP contribution in [-0.2, 0) is 5.33 Å². The fourth-order valence-corrected chi connectivity index (χ4v) is 1.80. The smallest absolute Gasteiger partial charge is 0.321 e. The average Bonchev–Trinajstić information content (AvgIpc) is 2.39. The van der Waals surface area contributed by atoms with Crippen LogP contribution >= 0.6 is 27.5 Å². The molecule has 6 nitrogen and oxygen atoms in total. The van der Waals surface area contributed by atoms with Crippen LogP contribution in [0.1, 0.15) is 5.56 Å². The Bertz CT molecular complexity index is 607. The number of ether oxygens (including phenoxy) is 1. The third-order valence-corrected chi connectivity index (χ3v) is 3.11. The molecule has 1 aromatic carbocycles. The number of hydrogen-bond acceptors (Lipinski definition) is 5. The van der Waals surface area contributed by atoms with E-state index in [1.54, 1.807) is 12.4 Å². The van der Waals surface area contributed by atoms with Crippen LogP contribution in [0.15, 0.2) is 30.6 Å². The average molecular weight is 345 g/mol. The van der Waals surface area contributed by atoms with E-state index in [1.165, 1.54) is 18.2 Å². The molecule has 0 aliphatic carbocycles. The molecular weight excluding hydrogens is 337 g/mol. The lowest BCUT2D eigenvalue weighted by Gasteiger charge is -2.04. The van der Waals surface area contributed by atoms with Crippen LogP contribution in [0.25, 0.3) is 0 Å². The Morgan fingerprint density at radius 3 is 2.58 bits per heavy atom. The van der Waals surface area contributed by atoms with Crippen LogP contribution in [0.2, 0.25) is 5.02 Å². The first-order chi connectivity index (χ1) is 9.10. The monoisotopic (exact) mass is 343 g/mol. The van der Waals surface area contributed by atoms with Crippen molar-refractivity contribution >= 4 is 33.2 Å². The number of rotatable bonds is 4. The van der Waals surface area contributed by atoms with Crippen LogP contribution in [0.3, 0.4) is 0 Å². The summed E-state index contributed by atoms with van der Waals surface area (Å²) in [6.45, 7) is 0. The minimum Gasteiger partial charge on any atom is -0.424 e. The Labute approximate surface area is 121 Å². The molecule has 2 rings (SSSR count). The molecule has 0 radical (unpaired) electrons. The van der Waals surface area contributed by atoms with E-state index in [0.717, 1.165) is 5.56 Å². The predicted octanol–water partition coefficient (Wildman–Crippen LogP) is 3.73. The predicted molar refractivity (Wildman–Crippen MR) is 72.8 cm³/mol. The molecule has 0 fully saturated rings. The van der Waals surface area contributed by atoms with Crippen LogP contribution in [0.4, 0.5) is 5.69 Å². The zero-order chi connectivity index (χ0) is 13.8. The van der Waals surface area contributed by atoms with E-state index in [1.807, 2.05) is 0 Å². The maximum Gasteiger partial charge on any atom is 0.321 e. The van der Waals surface area contributed by atoms with Crippen molar-refractivity contribution in [2.24, 2.45) is 0 Å². The van der Waals surface area contributed by atoms with Crippen molar-refractivity contribution in [3.05, 3.63) is 51.3 Å². The van der Waals surface area contributed by atoms with Gasteiger partial charge in [-0.1, -0.05) is 27.5 Å². The zero-order valence-electron chi connectivity index (χ0n) is 9.42. The molecule has 1 aromatic heterocycles. The highest BCUT2D eigenvalue weighted by Gasteiger charge is 2.13. The van der Waals surface area contributed by atoms with Gasteiger partial charge in [0, 0.05) is 29.9 Å². The first-order valence-electron chi connectivity index (χ1n) is 5.09. The Balaban J connectivity index is 2.18. The van der Waals surface area contributed by atoms with Crippen molar-refractivity contribution in [2.45, 2.75) is 5.33 Å². The first-order valence-corrected chi connectivity index (χ1v) is 6.59. The van der Waals surface area contributed by atoms with Crippen LogP contribution in [-0.4, -0.2) is 14.9 Å². The number of benzene rings is 1. The minimum atomic E-state index is -0.562. The third-order valence-electron chi connectivity index (χ3n) is 2.16. The molecule has 2 aromatic rings. The van der Waals surface area contributed by atoms with Gasteiger partial charge in [0.2, 0.25) is 0 Å². The van der Waals surface area contributed by atoms with Crippen LogP contribution in [0.5, 0.6) is 11.8 Å². The first kappa shape index (κ1) is 13.7. The Morgan fingerprint density at radius 1 is 1.37 bits per heavy atom. The molecule has 0 aliphatic heterocycles. The normalized spacial score (nSPS) is 10.2. The molecule has 98 valence electrons. The van der Waals surface area contributed by atoms with E-state index in [0.29, 0.717) is 11.1 Å². The fourth-order valence-electron chi connectivity index (χ4n) is 1.27. The maximum atomic E-state index is 10.6. The van der Waals surface area contributed by atoms with Crippen molar-refractivity contribution in [1.29, 1.82) is 0 Å². The highest BCUT2D eigenvalue weighted by molar-refractivity contribution is 9.08. The number of halogens is 2. The van der Waals surface area contributed by atoms with Gasteiger partial charge in [-0.15, -0.1) is 0 Å². The summed E-state index contributed by atoms with van der Waals surface area (Å²) in [4.78, 5) is 18.0. The second-order valence-corrected chi connectivity index (χ2v) is 4.45. The van der Waals surface area contributed by atoms with Crippen molar-refractivity contribution in [3.63, 3.8) is 0 Å². The molecule has 19 heavy (non-hydrogen) atoms. The topological polar surface area (TPSA) is 78.2 Å². The lowest BCUT2D eigenvalue weighted by molar-refractivity contribution is -0.384. The molecule has 0 unspecified atom stereocenters. The second-order valence-electron chi connectivity index (χ2n) is 3.48. The van der Waals surface area contributed by atoms with E-state index in [2.05, 4.69) is 25.9 Å². The largest absolute Gasteiger partial charge is 0.424 e. The van der Waals surface area contributed by atoms with Crippen LogP contribution < -0.4 is 4.74 Å². The van der Waals surface area contributed by atoms with Gasteiger partial charge in [0.25, 0.3) is 5.69 Å². The molecule has 0 amide bonds. The molecule has 0 aliphatic rings. The molecule has 0 atom stereocenters. The van der Waals surface area contributed by atoms with Crippen molar-refractivity contribution in [2.75, 3.05) is 0 Å². The fraction of sp³-hybridized carbons (Fsp3) is 0.0909. The van der Waals surface area contributed by atoms with Gasteiger partial charge in [-0.25, -0.2) is 9.97 Å². The number of alkyl halides is 1. The Morgan fingerprint density at radius 2 is 2.05 bits per heavy atom. The van der Waals surface area contributed by atoms with E-state index in [4.69, 9.17) is 16.3 Å². The number of nitro benzene ring substituents is 1. The minimum absolute atomic E-state index is 0.000390. The van der Waals surface area contributed by atoms with Crippen molar-refractivity contribution in [3.8, 4) is 11.8 Å². The maximum absolute atomic E-state index is 10.6. The standard InChI is InChI=1S/C11H7BrClN3O3/c12-4-7-5-14-11(15-6-7)19-8-1-2-10(16(17)18)9(13)3-8/h1-3,5-6H,4H2. The quantitative estimate of drug-likeness (QED) is 0.480. The van der Waals surface area contributed by atoms with Crippen molar-refractivity contribution < 1.29 is 9.66 Å². The highest BCUT2D eigenvalue weighted by atomic mass is 79.9. The molecule has 0 bridgehead atoms. The lowest BCUT2D eigenvalue weighted by Crippen LogP contribution is -1.94. The molecule has 1 heterocycles. The summed E-state index contributed by atoms with van der Waals surface area (Å²) < 4.78 is 5.35. The molecule has 0 spiro atoms. The van der Waals surface area contributed by atoms with E-state index >= 15 is 0 Å². The highest BCUT2D eigenvalue weighted by Crippen LogP contribution is 2.29. The van der Waals surface area contributed by atoms with E-state index in [9.17, 15) is 10.1 Å². The van der Waals surface area contributed by atoms with Crippen LogP contribution in [0, 0.1) is 10.1 Å². The summed E-state index contributed by atoms with van der Waals surface area (Å²) >= 11 is 9.05. The van der Waals surface area contributed by atoms with Gasteiger partial charge >= 0.3 is 6.01 Å². The van der Waals surface area contributed by atoms with Crippen molar-refractivity contribution in [1.82, 2.24) is 9.97 Å². The summed E-state index contributed by atoms with van der Waals surface area (Å²) in [5, 5.41) is 11.3. The van der Waals surface area contributed by atoms with Gasteiger partial charge in [-0.2, -0.15) is 0 Å². The Kier molecular flexibility index (Phi) is 4.28. The summed E-state index contributed by atoms with van der Waals surface area (Å²) in [6, 6.07) is 4.20. The zero-order valence-corrected chi connectivity index (χ0v) is 11.8. The number of nitrogens with zero attached hydrogens (tertiary/aromatic N) is 3. The Hall–Kier alpha value is -1.73. The van der Waals surface area contributed by atoms with Gasteiger partial charge < -0.3 is 4.74 Å². The van der Waals surface area contributed by atoms with Gasteiger partial charge in [0.05, 0.1) is 4.92 Å². The van der Waals surface area contributed by atoms with Gasteiger partial charge in [-0.05, 0) is 11.6 Å². The lowest BCUT2D eigenvalue weighted by atomic mass is 10.3. The van der Waals surface area contributed by atoms with E-state index in [-0.39, 0.29) is 16.7 Å². The van der Waals surface area contributed by atoms with Gasteiger partial charge in [-0.3, -0.25) is 10.1 Å². The SMILES string of the molecule is O=[N+]([O-])c1ccc(Oc2ncc(CBr)cn2)cc1Cl. The molecule has 0 saturated carbocycles.